The summed E-state index contributed by atoms with van der Waals surface area (Å²) in [5, 5.41) is 56.8. The lowest BCUT2D eigenvalue weighted by atomic mass is 10.0. The van der Waals surface area contributed by atoms with Crippen molar-refractivity contribution in [3.05, 3.63) is 46.8 Å². The van der Waals surface area contributed by atoms with E-state index in [2.05, 4.69) is 0 Å². The Kier molecular flexibility index (Phi) is 5.22. The van der Waals surface area contributed by atoms with Gasteiger partial charge in [0.15, 0.2) is 17.4 Å². The molecular weight excluding hydrogens is 404 g/mol. The van der Waals surface area contributed by atoms with Gasteiger partial charge >= 0.3 is 11.9 Å². The summed E-state index contributed by atoms with van der Waals surface area (Å²) in [6.07, 6.45) is -3.84. The first-order valence-electron chi connectivity index (χ1n) is 8.22. The lowest BCUT2D eigenvalue weighted by Crippen LogP contribution is -2.43. The van der Waals surface area contributed by atoms with Crippen molar-refractivity contribution < 1.29 is 49.4 Å². The van der Waals surface area contributed by atoms with Crippen LogP contribution in [0.5, 0.6) is 23.0 Å². The number of rotatable bonds is 6. The number of aliphatic carboxylic acids is 2. The first kappa shape index (κ1) is 20.5. The second-order valence-electron chi connectivity index (χ2n) is 6.13. The Morgan fingerprint density at radius 2 is 1.63 bits per heavy atom. The van der Waals surface area contributed by atoms with E-state index in [1.165, 1.54) is 24.3 Å². The molecule has 0 spiro atoms. The van der Waals surface area contributed by atoms with Gasteiger partial charge in [0.1, 0.15) is 23.1 Å². The standard InChI is InChI=1S/C19H14O11/c20-8-3-1-7(2-4-8)9-6-29-16-12(13(9)22)10(21)5-11(14(16)23)30-17(19(27)28)15(24)18(25)26/h1-6,15,17,20-21,23-24H,(H,25,26)(H,27,28)/t15-,17-/m1/s1. The molecule has 0 aliphatic rings. The third-order valence-corrected chi connectivity index (χ3v) is 4.18. The van der Waals surface area contributed by atoms with Gasteiger partial charge in [-0.25, -0.2) is 9.59 Å². The topological polar surface area (TPSA) is 195 Å². The van der Waals surface area contributed by atoms with E-state index in [1.807, 2.05) is 0 Å². The molecular formula is C19H14O11. The second kappa shape index (κ2) is 7.64. The van der Waals surface area contributed by atoms with E-state index in [0.717, 1.165) is 6.26 Å². The van der Waals surface area contributed by atoms with Crippen LogP contribution in [0.2, 0.25) is 0 Å². The normalized spacial score (nSPS) is 13.0. The third-order valence-electron chi connectivity index (χ3n) is 4.18. The summed E-state index contributed by atoms with van der Waals surface area (Å²) >= 11 is 0. The van der Waals surface area contributed by atoms with Gasteiger partial charge in [0.25, 0.3) is 0 Å². The van der Waals surface area contributed by atoms with Gasteiger partial charge in [-0.3, -0.25) is 4.79 Å². The Morgan fingerprint density at radius 1 is 1.00 bits per heavy atom. The number of aromatic hydroxyl groups is 3. The predicted molar refractivity (Wildman–Crippen MR) is 98.6 cm³/mol. The van der Waals surface area contributed by atoms with E-state index in [9.17, 15) is 34.8 Å². The predicted octanol–water partition coefficient (Wildman–Crippen LogP) is 0.854. The molecule has 30 heavy (non-hydrogen) atoms. The molecule has 11 heteroatoms. The number of carboxylic acid groups (broad SMARTS) is 2. The SMILES string of the molecule is O=C(O)[C@H](O)[C@@H](Oc1cc(O)c2c(=O)c(-c3ccc(O)cc3)coc2c1O)C(=O)O. The van der Waals surface area contributed by atoms with Crippen molar-refractivity contribution in [2.75, 3.05) is 0 Å². The molecule has 0 saturated heterocycles. The number of aliphatic hydroxyl groups excluding tert-OH is 1. The number of carbonyl (C=O) groups is 2. The first-order chi connectivity index (χ1) is 14.1. The molecule has 1 aromatic heterocycles. The average molecular weight is 418 g/mol. The minimum Gasteiger partial charge on any atom is -0.508 e. The number of benzene rings is 2. The van der Waals surface area contributed by atoms with Crippen molar-refractivity contribution in [3.63, 3.8) is 0 Å². The molecule has 0 bridgehead atoms. The van der Waals surface area contributed by atoms with Crippen LogP contribution in [0.15, 0.2) is 45.8 Å². The third kappa shape index (κ3) is 3.56. The Balaban J connectivity index is 2.13. The molecule has 156 valence electrons. The second-order valence-corrected chi connectivity index (χ2v) is 6.13. The highest BCUT2D eigenvalue weighted by molar-refractivity contribution is 5.93. The molecule has 11 nitrogen and oxygen atoms in total. The summed E-state index contributed by atoms with van der Waals surface area (Å²) in [7, 11) is 0. The fourth-order valence-corrected chi connectivity index (χ4v) is 2.70. The van der Waals surface area contributed by atoms with Crippen LogP contribution in [0.1, 0.15) is 0 Å². The van der Waals surface area contributed by atoms with Crippen LogP contribution in [0.4, 0.5) is 0 Å². The van der Waals surface area contributed by atoms with Crippen molar-refractivity contribution in [3.8, 4) is 34.1 Å². The monoisotopic (exact) mass is 418 g/mol. The van der Waals surface area contributed by atoms with Crippen LogP contribution >= 0.6 is 0 Å². The summed E-state index contributed by atoms with van der Waals surface area (Å²) in [4.78, 5) is 34.8. The minimum absolute atomic E-state index is 0.00409. The number of hydrogen-bond acceptors (Lipinski definition) is 9. The van der Waals surface area contributed by atoms with Crippen LogP contribution in [-0.4, -0.2) is 54.8 Å². The van der Waals surface area contributed by atoms with Gasteiger partial charge in [-0.05, 0) is 17.7 Å². The van der Waals surface area contributed by atoms with Gasteiger partial charge in [-0.2, -0.15) is 0 Å². The van der Waals surface area contributed by atoms with Crippen molar-refractivity contribution in [2.45, 2.75) is 12.2 Å². The Hall–Kier alpha value is -4.25. The highest BCUT2D eigenvalue weighted by Crippen LogP contribution is 2.40. The molecule has 1 heterocycles. The smallest absolute Gasteiger partial charge is 0.348 e. The van der Waals surface area contributed by atoms with E-state index in [1.54, 1.807) is 0 Å². The molecule has 3 aromatic rings. The first-order valence-corrected chi connectivity index (χ1v) is 8.22. The van der Waals surface area contributed by atoms with E-state index >= 15 is 0 Å². The quantitative estimate of drug-likeness (QED) is 0.311. The fraction of sp³-hybridized carbons (Fsp3) is 0.105. The summed E-state index contributed by atoms with van der Waals surface area (Å²) in [5.74, 6) is -6.15. The number of ether oxygens (including phenoxy) is 1. The van der Waals surface area contributed by atoms with E-state index < -0.39 is 57.8 Å². The molecule has 0 saturated carbocycles. The van der Waals surface area contributed by atoms with Crippen LogP contribution in [0.3, 0.4) is 0 Å². The molecule has 2 atom stereocenters. The van der Waals surface area contributed by atoms with Crippen molar-refractivity contribution in [1.29, 1.82) is 0 Å². The van der Waals surface area contributed by atoms with Crippen molar-refractivity contribution >= 4 is 22.9 Å². The van der Waals surface area contributed by atoms with E-state index in [0.29, 0.717) is 11.6 Å². The lowest BCUT2D eigenvalue weighted by molar-refractivity contribution is -0.163. The van der Waals surface area contributed by atoms with Crippen LogP contribution in [0, 0.1) is 0 Å². The highest BCUT2D eigenvalue weighted by Gasteiger charge is 2.35. The number of phenolic OH excluding ortho intramolecular Hbond substituents is 3. The van der Waals surface area contributed by atoms with Gasteiger partial charge in [-0.1, -0.05) is 12.1 Å². The maximum atomic E-state index is 12.8. The van der Waals surface area contributed by atoms with E-state index in [4.69, 9.17) is 19.4 Å². The summed E-state index contributed by atoms with van der Waals surface area (Å²) in [6.45, 7) is 0. The van der Waals surface area contributed by atoms with Crippen LogP contribution < -0.4 is 10.2 Å². The minimum atomic E-state index is -2.48. The highest BCUT2D eigenvalue weighted by atomic mass is 16.5. The molecule has 0 fully saturated rings. The number of aliphatic hydroxyl groups is 1. The van der Waals surface area contributed by atoms with Gasteiger partial charge in [0.05, 0.1) is 5.56 Å². The number of hydrogen-bond donors (Lipinski definition) is 6. The average Bonchev–Trinajstić information content (AvgIpc) is 2.69. The summed E-state index contributed by atoms with van der Waals surface area (Å²) in [5.41, 5.74) is -0.957. The van der Waals surface area contributed by atoms with Crippen molar-refractivity contribution in [1.82, 2.24) is 0 Å². The molecule has 0 aliphatic carbocycles. The Labute approximate surface area is 166 Å². The Morgan fingerprint density at radius 3 is 2.20 bits per heavy atom. The van der Waals surface area contributed by atoms with Gasteiger partial charge < -0.3 is 39.8 Å². The van der Waals surface area contributed by atoms with Gasteiger partial charge in [0, 0.05) is 6.07 Å². The number of carboxylic acids is 2. The number of phenols is 3. The van der Waals surface area contributed by atoms with Crippen LogP contribution in [-0.2, 0) is 9.59 Å². The lowest BCUT2D eigenvalue weighted by Gasteiger charge is -2.19. The maximum absolute atomic E-state index is 12.8. The Bertz CT molecular complexity index is 1190. The molecule has 0 aliphatic heterocycles. The zero-order valence-electron chi connectivity index (χ0n) is 14.8. The number of fused-ring (bicyclic) bond motifs is 1. The molecule has 0 radical (unpaired) electrons. The summed E-state index contributed by atoms with van der Waals surface area (Å²) in [6, 6.07) is 6.19. The van der Waals surface area contributed by atoms with E-state index in [-0.39, 0.29) is 11.3 Å². The molecule has 2 aromatic carbocycles. The molecule has 6 N–H and O–H groups in total. The zero-order chi connectivity index (χ0) is 22.2. The van der Waals surface area contributed by atoms with Gasteiger partial charge in [0.2, 0.25) is 17.3 Å². The summed E-state index contributed by atoms with van der Waals surface area (Å²) < 4.78 is 10.1. The largest absolute Gasteiger partial charge is 0.508 e. The molecule has 0 unspecified atom stereocenters. The maximum Gasteiger partial charge on any atom is 0.348 e. The zero-order valence-corrected chi connectivity index (χ0v) is 14.8. The van der Waals surface area contributed by atoms with Crippen LogP contribution in [0.25, 0.3) is 22.1 Å². The molecule has 0 amide bonds. The van der Waals surface area contributed by atoms with Gasteiger partial charge in [-0.15, -0.1) is 0 Å². The van der Waals surface area contributed by atoms with Crippen molar-refractivity contribution in [2.24, 2.45) is 0 Å². The molecule has 3 rings (SSSR count). The fourth-order valence-electron chi connectivity index (χ4n) is 2.70.